The molecule has 3 heteroatoms. The van der Waals surface area contributed by atoms with Crippen LogP contribution in [-0.2, 0) is 0 Å². The zero-order valence-electron chi connectivity index (χ0n) is 17.4. The molecule has 1 unspecified atom stereocenters. The van der Waals surface area contributed by atoms with E-state index in [4.69, 9.17) is 9.72 Å². The number of hydrogen-bond donors (Lipinski definition) is 0. The minimum absolute atomic E-state index is 0.361. The summed E-state index contributed by atoms with van der Waals surface area (Å²) in [4.78, 5) is 7.39. The lowest BCUT2D eigenvalue weighted by Gasteiger charge is -2.37. The predicted molar refractivity (Wildman–Crippen MR) is 112 cm³/mol. The lowest BCUT2D eigenvalue weighted by molar-refractivity contribution is 0.0883. The SMILES string of the molecule is CC(c1ccc2cc(OC3CCC(C(C)(C)C)CC3)ccc2n1)N1CCC1. The van der Waals surface area contributed by atoms with Gasteiger partial charge in [0.1, 0.15) is 5.75 Å². The summed E-state index contributed by atoms with van der Waals surface area (Å²) in [6, 6.07) is 11.2. The summed E-state index contributed by atoms with van der Waals surface area (Å²) in [5, 5.41) is 1.18. The van der Waals surface area contributed by atoms with Crippen molar-refractivity contribution in [3.63, 3.8) is 0 Å². The summed E-state index contributed by atoms with van der Waals surface area (Å²) in [6.07, 6.45) is 6.58. The van der Waals surface area contributed by atoms with Crippen LogP contribution >= 0.6 is 0 Å². The Balaban J connectivity index is 1.41. The van der Waals surface area contributed by atoms with E-state index in [0.717, 1.165) is 17.2 Å². The maximum Gasteiger partial charge on any atom is 0.120 e. The van der Waals surface area contributed by atoms with Gasteiger partial charge in [-0.3, -0.25) is 9.88 Å². The summed E-state index contributed by atoms with van der Waals surface area (Å²) in [5.41, 5.74) is 2.67. The summed E-state index contributed by atoms with van der Waals surface area (Å²) in [6.45, 7) is 11.8. The second kappa shape index (κ2) is 7.43. The van der Waals surface area contributed by atoms with Crippen LogP contribution in [0.15, 0.2) is 30.3 Å². The first-order valence-corrected chi connectivity index (χ1v) is 10.7. The number of rotatable bonds is 4. The van der Waals surface area contributed by atoms with Crippen molar-refractivity contribution >= 4 is 10.9 Å². The Morgan fingerprint density at radius 3 is 2.41 bits per heavy atom. The Bertz CT molecular complexity index is 783. The molecule has 27 heavy (non-hydrogen) atoms. The van der Waals surface area contributed by atoms with Crippen LogP contribution in [0.3, 0.4) is 0 Å². The molecule has 1 saturated heterocycles. The average Bonchev–Trinajstić information content (AvgIpc) is 2.59. The molecule has 0 bridgehead atoms. The van der Waals surface area contributed by atoms with E-state index >= 15 is 0 Å². The van der Waals surface area contributed by atoms with Crippen LogP contribution in [0.4, 0.5) is 0 Å². The highest BCUT2D eigenvalue weighted by molar-refractivity contribution is 5.80. The fourth-order valence-corrected chi connectivity index (χ4v) is 4.58. The molecule has 1 saturated carbocycles. The number of pyridine rings is 1. The van der Waals surface area contributed by atoms with Gasteiger partial charge in [0.2, 0.25) is 0 Å². The number of nitrogens with zero attached hydrogens (tertiary/aromatic N) is 2. The average molecular weight is 367 g/mol. The van der Waals surface area contributed by atoms with Crippen molar-refractivity contribution in [3.8, 4) is 5.75 Å². The van der Waals surface area contributed by atoms with Crippen LogP contribution in [0, 0.1) is 11.3 Å². The number of likely N-dealkylation sites (tertiary alicyclic amines) is 1. The molecule has 0 N–H and O–H groups in total. The van der Waals surface area contributed by atoms with E-state index in [2.05, 4.69) is 62.9 Å². The van der Waals surface area contributed by atoms with E-state index in [1.165, 1.54) is 56.3 Å². The number of aromatic nitrogens is 1. The molecule has 1 aliphatic heterocycles. The summed E-state index contributed by atoms with van der Waals surface area (Å²) >= 11 is 0. The standard InChI is InChI=1S/C24H34N2O/c1-17(26-14-5-15-26)22-12-6-18-16-21(11-13-23(18)25-22)27-20-9-7-19(8-10-20)24(2,3)4/h6,11-13,16-17,19-20H,5,7-10,14-15H2,1-4H3. The van der Waals surface area contributed by atoms with E-state index in [0.29, 0.717) is 17.6 Å². The first kappa shape index (κ1) is 18.7. The van der Waals surface area contributed by atoms with Crippen LogP contribution in [0.25, 0.3) is 10.9 Å². The van der Waals surface area contributed by atoms with Crippen molar-refractivity contribution in [2.45, 2.75) is 71.9 Å². The first-order chi connectivity index (χ1) is 12.9. The maximum atomic E-state index is 6.33. The smallest absolute Gasteiger partial charge is 0.120 e. The molecule has 3 nitrogen and oxygen atoms in total. The molecule has 2 fully saturated rings. The molecule has 0 amide bonds. The molecule has 1 aromatic heterocycles. The van der Waals surface area contributed by atoms with Gasteiger partial charge in [0.25, 0.3) is 0 Å². The van der Waals surface area contributed by atoms with Crippen molar-refractivity contribution in [1.82, 2.24) is 9.88 Å². The van der Waals surface area contributed by atoms with E-state index in [-0.39, 0.29) is 0 Å². The third-order valence-electron chi connectivity index (χ3n) is 6.75. The van der Waals surface area contributed by atoms with Gasteiger partial charge in [-0.2, -0.15) is 0 Å². The zero-order chi connectivity index (χ0) is 19.0. The predicted octanol–water partition coefficient (Wildman–Crippen LogP) is 5.99. The highest BCUT2D eigenvalue weighted by Gasteiger charge is 2.30. The summed E-state index contributed by atoms with van der Waals surface area (Å²) < 4.78 is 6.33. The Labute approximate surface area is 164 Å². The molecule has 0 radical (unpaired) electrons. The van der Waals surface area contributed by atoms with Gasteiger partial charge in [0.05, 0.1) is 17.3 Å². The molecule has 2 aliphatic rings. The van der Waals surface area contributed by atoms with Gasteiger partial charge < -0.3 is 4.74 Å². The Kier molecular flexibility index (Phi) is 5.15. The lowest BCUT2D eigenvalue weighted by atomic mass is 9.72. The van der Waals surface area contributed by atoms with Crippen LogP contribution in [0.1, 0.15) is 71.5 Å². The normalized spacial score (nSPS) is 25.2. The van der Waals surface area contributed by atoms with Crippen LogP contribution in [-0.4, -0.2) is 29.1 Å². The van der Waals surface area contributed by atoms with Crippen LogP contribution in [0.2, 0.25) is 0 Å². The van der Waals surface area contributed by atoms with E-state index in [1.54, 1.807) is 0 Å². The minimum atomic E-state index is 0.361. The first-order valence-electron chi connectivity index (χ1n) is 10.7. The van der Waals surface area contributed by atoms with Crippen molar-refractivity contribution in [2.24, 2.45) is 11.3 Å². The molecule has 2 heterocycles. The van der Waals surface area contributed by atoms with Gasteiger partial charge in [-0.1, -0.05) is 26.8 Å². The highest BCUT2D eigenvalue weighted by Crippen LogP contribution is 2.39. The second-order valence-electron chi connectivity index (χ2n) is 9.61. The zero-order valence-corrected chi connectivity index (χ0v) is 17.4. The van der Waals surface area contributed by atoms with Gasteiger partial charge in [0.15, 0.2) is 0 Å². The Morgan fingerprint density at radius 2 is 1.78 bits per heavy atom. The van der Waals surface area contributed by atoms with E-state index in [9.17, 15) is 0 Å². The third-order valence-corrected chi connectivity index (χ3v) is 6.75. The highest BCUT2D eigenvalue weighted by atomic mass is 16.5. The summed E-state index contributed by atoms with van der Waals surface area (Å²) in [7, 11) is 0. The van der Waals surface area contributed by atoms with Crippen molar-refractivity contribution in [1.29, 1.82) is 0 Å². The quantitative estimate of drug-likeness (QED) is 0.665. The fourth-order valence-electron chi connectivity index (χ4n) is 4.58. The van der Waals surface area contributed by atoms with Gasteiger partial charge in [-0.15, -0.1) is 0 Å². The monoisotopic (exact) mass is 366 g/mol. The molecule has 1 aromatic carbocycles. The topological polar surface area (TPSA) is 25.4 Å². The molecule has 2 aromatic rings. The van der Waals surface area contributed by atoms with Gasteiger partial charge >= 0.3 is 0 Å². The third kappa shape index (κ3) is 4.13. The van der Waals surface area contributed by atoms with Crippen LogP contribution < -0.4 is 4.74 Å². The van der Waals surface area contributed by atoms with Crippen molar-refractivity contribution in [2.75, 3.05) is 13.1 Å². The van der Waals surface area contributed by atoms with E-state index in [1.807, 2.05) is 0 Å². The Hall–Kier alpha value is -1.61. The number of ether oxygens (including phenoxy) is 1. The van der Waals surface area contributed by atoms with Crippen LogP contribution in [0.5, 0.6) is 5.75 Å². The number of benzene rings is 1. The largest absolute Gasteiger partial charge is 0.490 e. The maximum absolute atomic E-state index is 6.33. The second-order valence-corrected chi connectivity index (χ2v) is 9.61. The molecule has 4 rings (SSSR count). The lowest BCUT2D eigenvalue weighted by Crippen LogP contribution is -2.39. The molecular formula is C24H34N2O. The number of fused-ring (bicyclic) bond motifs is 1. The molecule has 0 spiro atoms. The Morgan fingerprint density at radius 1 is 1.04 bits per heavy atom. The molecule has 1 atom stereocenters. The fraction of sp³-hybridized carbons (Fsp3) is 0.625. The summed E-state index contributed by atoms with van der Waals surface area (Å²) in [5.74, 6) is 1.82. The van der Waals surface area contributed by atoms with Gasteiger partial charge in [0, 0.05) is 24.5 Å². The molecule has 1 aliphatic carbocycles. The van der Waals surface area contributed by atoms with Gasteiger partial charge in [-0.05, 0) is 74.6 Å². The number of hydrogen-bond acceptors (Lipinski definition) is 3. The molecule has 146 valence electrons. The van der Waals surface area contributed by atoms with E-state index < -0.39 is 0 Å². The van der Waals surface area contributed by atoms with Gasteiger partial charge in [-0.25, -0.2) is 0 Å². The minimum Gasteiger partial charge on any atom is -0.490 e. The van der Waals surface area contributed by atoms with Crippen molar-refractivity contribution < 1.29 is 4.74 Å². The molecular weight excluding hydrogens is 332 g/mol. The van der Waals surface area contributed by atoms with Crippen molar-refractivity contribution in [3.05, 3.63) is 36.0 Å².